The number of pyridine rings is 1. The Morgan fingerprint density at radius 2 is 2.26 bits per heavy atom. The fourth-order valence-electron chi connectivity index (χ4n) is 2.56. The van der Waals surface area contributed by atoms with Crippen molar-refractivity contribution in [3.63, 3.8) is 0 Å². The minimum Gasteiger partial charge on any atom is -0.493 e. The monoisotopic (exact) mass is 383 g/mol. The summed E-state index contributed by atoms with van der Waals surface area (Å²) in [5.41, 5.74) is 6.28. The van der Waals surface area contributed by atoms with Crippen LogP contribution in [0, 0.1) is 23.2 Å². The quantitative estimate of drug-likeness (QED) is 0.694. The van der Waals surface area contributed by atoms with Crippen molar-refractivity contribution in [3.8, 4) is 11.8 Å². The molecule has 0 bridgehead atoms. The molecule has 27 heavy (non-hydrogen) atoms. The van der Waals surface area contributed by atoms with E-state index in [1.54, 1.807) is 12.1 Å². The molecule has 0 fully saturated rings. The Bertz CT molecular complexity index is 1100. The maximum Gasteiger partial charge on any atom is 0.268 e. The summed E-state index contributed by atoms with van der Waals surface area (Å²) in [7, 11) is 0. The summed E-state index contributed by atoms with van der Waals surface area (Å²) in [5.74, 6) is -0.984. The topological polar surface area (TPSA) is 101 Å². The largest absolute Gasteiger partial charge is 0.493 e. The highest BCUT2D eigenvalue weighted by molar-refractivity contribution is 6.31. The zero-order chi connectivity index (χ0) is 19.6. The lowest BCUT2D eigenvalue weighted by atomic mass is 10.1. The number of nitrogens with one attached hydrogen (secondary N) is 1. The van der Waals surface area contributed by atoms with Crippen LogP contribution >= 0.6 is 11.6 Å². The smallest absolute Gasteiger partial charge is 0.268 e. The van der Waals surface area contributed by atoms with Crippen molar-refractivity contribution in [2.24, 2.45) is 5.73 Å². The van der Waals surface area contributed by atoms with Crippen LogP contribution in [0.1, 0.15) is 23.0 Å². The lowest BCUT2D eigenvalue weighted by molar-refractivity contribution is 0.0995. The molecule has 0 unspecified atom stereocenters. The molecular weight excluding hydrogens is 371 g/mol. The van der Waals surface area contributed by atoms with Crippen LogP contribution in [0.15, 0.2) is 30.3 Å². The van der Waals surface area contributed by atoms with Gasteiger partial charge >= 0.3 is 0 Å². The van der Waals surface area contributed by atoms with Crippen LogP contribution in [0.2, 0.25) is 5.02 Å². The Kier molecular flexibility index (Phi) is 5.10. The summed E-state index contributed by atoms with van der Waals surface area (Å²) < 4.78 is 18.8. The van der Waals surface area contributed by atoms with Crippen molar-refractivity contribution >= 4 is 39.8 Å². The van der Waals surface area contributed by atoms with E-state index in [4.69, 9.17) is 22.1 Å². The zero-order valence-corrected chi connectivity index (χ0v) is 14.9. The Labute approximate surface area is 159 Å². The zero-order valence-electron chi connectivity index (χ0n) is 14.1. The van der Waals surface area contributed by atoms with E-state index in [1.165, 1.54) is 18.2 Å². The average Bonchev–Trinajstić information content (AvgIpc) is 2.64. The van der Waals surface area contributed by atoms with E-state index in [1.807, 2.05) is 13.0 Å². The third kappa shape index (κ3) is 3.61. The number of carbonyl (C=O) groups excluding carboxylic acids is 1. The molecule has 3 N–H and O–H groups in total. The number of nitriles is 1. The maximum absolute atomic E-state index is 13.4. The van der Waals surface area contributed by atoms with Crippen molar-refractivity contribution in [3.05, 3.63) is 58.5 Å². The van der Waals surface area contributed by atoms with Crippen LogP contribution in [0.4, 0.5) is 15.8 Å². The second kappa shape index (κ2) is 7.48. The summed E-state index contributed by atoms with van der Waals surface area (Å²) >= 11 is 5.82. The molecule has 1 heterocycles. The molecule has 0 aliphatic rings. The predicted octanol–water partition coefficient (Wildman–Crippen LogP) is 3.94. The average molecular weight is 384 g/mol. The molecule has 1 aromatic heterocycles. The molecule has 0 aliphatic heterocycles. The molecule has 0 saturated heterocycles. The SMILES string of the molecule is CCOc1[c]cc2c(Nc3ccc(F)c(Cl)c3)c(C#N)c(C(N)=O)nc2c1. The third-order valence-corrected chi connectivity index (χ3v) is 4.01. The summed E-state index contributed by atoms with van der Waals surface area (Å²) in [5, 5.41) is 13.0. The van der Waals surface area contributed by atoms with E-state index in [-0.39, 0.29) is 16.3 Å². The molecule has 0 aliphatic carbocycles. The van der Waals surface area contributed by atoms with Gasteiger partial charge < -0.3 is 15.8 Å². The van der Waals surface area contributed by atoms with Crippen LogP contribution in [0.25, 0.3) is 10.9 Å². The summed E-state index contributed by atoms with van der Waals surface area (Å²) in [6.07, 6.45) is 0. The van der Waals surface area contributed by atoms with Crippen LogP contribution in [0.5, 0.6) is 5.75 Å². The molecule has 0 atom stereocenters. The van der Waals surface area contributed by atoms with Gasteiger partial charge in [-0.05, 0) is 31.2 Å². The number of amides is 1. The van der Waals surface area contributed by atoms with Crippen molar-refractivity contribution in [1.82, 2.24) is 4.98 Å². The van der Waals surface area contributed by atoms with E-state index >= 15 is 0 Å². The normalized spacial score (nSPS) is 10.4. The van der Waals surface area contributed by atoms with E-state index in [9.17, 15) is 14.4 Å². The summed E-state index contributed by atoms with van der Waals surface area (Å²) in [6, 6.07) is 12.1. The van der Waals surface area contributed by atoms with Crippen molar-refractivity contribution in [2.45, 2.75) is 6.92 Å². The van der Waals surface area contributed by atoms with E-state index in [0.29, 0.717) is 34.6 Å². The molecule has 135 valence electrons. The van der Waals surface area contributed by atoms with Gasteiger partial charge in [0.25, 0.3) is 5.91 Å². The van der Waals surface area contributed by atoms with Crippen LogP contribution in [-0.4, -0.2) is 17.5 Å². The van der Waals surface area contributed by atoms with Gasteiger partial charge in [-0.15, -0.1) is 0 Å². The van der Waals surface area contributed by atoms with Crippen LogP contribution in [-0.2, 0) is 0 Å². The molecule has 3 rings (SSSR count). The standard InChI is InChI=1S/C19H13ClFN4O2/c1-2-27-11-4-5-12-16(8-11)25-18(19(23)26)13(9-22)17(12)24-10-3-6-15(21)14(20)7-10/h3,5-8H,2H2,1H3,(H2,23,26)(H,24,25). The van der Waals surface area contributed by atoms with Gasteiger partial charge in [-0.1, -0.05) is 11.6 Å². The first-order valence-electron chi connectivity index (χ1n) is 7.88. The maximum atomic E-state index is 13.4. The van der Waals surface area contributed by atoms with Gasteiger partial charge in [0.15, 0.2) is 0 Å². The minimum atomic E-state index is -0.848. The number of nitrogens with two attached hydrogens (primary N) is 1. The van der Waals surface area contributed by atoms with Gasteiger partial charge in [-0.25, -0.2) is 9.37 Å². The van der Waals surface area contributed by atoms with Gasteiger partial charge in [-0.3, -0.25) is 4.79 Å². The van der Waals surface area contributed by atoms with Gasteiger partial charge in [-0.2, -0.15) is 5.26 Å². The highest BCUT2D eigenvalue weighted by atomic mass is 35.5. The molecule has 0 spiro atoms. The lowest BCUT2D eigenvalue weighted by Gasteiger charge is -2.14. The first kappa shape index (κ1) is 18.4. The number of aromatic nitrogens is 1. The first-order valence-corrected chi connectivity index (χ1v) is 8.26. The predicted molar refractivity (Wildman–Crippen MR) is 99.7 cm³/mol. The first-order chi connectivity index (χ1) is 12.9. The molecule has 3 aromatic rings. The Balaban J connectivity index is 2.25. The van der Waals surface area contributed by atoms with E-state index < -0.39 is 11.7 Å². The number of anilines is 2. The number of benzene rings is 2. The third-order valence-electron chi connectivity index (χ3n) is 3.72. The molecule has 1 radical (unpaired) electrons. The minimum absolute atomic E-state index is 0.0343. The van der Waals surface area contributed by atoms with E-state index in [0.717, 1.165) is 0 Å². The Morgan fingerprint density at radius 3 is 2.89 bits per heavy atom. The lowest BCUT2D eigenvalue weighted by Crippen LogP contribution is -2.16. The molecular formula is C19H13ClFN4O2. The van der Waals surface area contributed by atoms with Crippen molar-refractivity contribution in [1.29, 1.82) is 5.26 Å². The van der Waals surface area contributed by atoms with Crippen LogP contribution < -0.4 is 15.8 Å². The van der Waals surface area contributed by atoms with E-state index in [2.05, 4.69) is 16.4 Å². The van der Waals surface area contributed by atoms with Gasteiger partial charge in [0, 0.05) is 23.2 Å². The second-order valence-electron chi connectivity index (χ2n) is 5.47. The molecule has 0 saturated carbocycles. The molecule has 8 heteroatoms. The number of ether oxygens (including phenoxy) is 1. The number of halogens is 2. The number of carbonyl (C=O) groups is 1. The Hall–Kier alpha value is -3.37. The summed E-state index contributed by atoms with van der Waals surface area (Å²) in [4.78, 5) is 16.0. The molecule has 2 aromatic carbocycles. The number of fused-ring (bicyclic) bond motifs is 1. The number of nitrogens with zero attached hydrogens (tertiary/aromatic N) is 2. The fourth-order valence-corrected chi connectivity index (χ4v) is 2.74. The van der Waals surface area contributed by atoms with Gasteiger partial charge in [0.2, 0.25) is 0 Å². The number of hydrogen-bond acceptors (Lipinski definition) is 5. The summed E-state index contributed by atoms with van der Waals surface area (Å²) in [6.45, 7) is 2.25. The van der Waals surface area contributed by atoms with Gasteiger partial charge in [0.05, 0.1) is 22.8 Å². The van der Waals surface area contributed by atoms with Gasteiger partial charge in [0.1, 0.15) is 28.9 Å². The Morgan fingerprint density at radius 1 is 1.48 bits per heavy atom. The fraction of sp³-hybridized carbons (Fsp3) is 0.105. The molecule has 6 nitrogen and oxygen atoms in total. The number of rotatable bonds is 5. The molecule has 1 amide bonds. The van der Waals surface area contributed by atoms with Crippen molar-refractivity contribution < 1.29 is 13.9 Å². The number of primary amides is 1. The second-order valence-corrected chi connectivity index (χ2v) is 5.88. The van der Waals surface area contributed by atoms with Crippen LogP contribution in [0.3, 0.4) is 0 Å². The van der Waals surface area contributed by atoms with Crippen molar-refractivity contribution in [2.75, 3.05) is 11.9 Å². The highest BCUT2D eigenvalue weighted by Crippen LogP contribution is 2.33. The number of hydrogen-bond donors (Lipinski definition) is 2. The highest BCUT2D eigenvalue weighted by Gasteiger charge is 2.19.